The molecule has 0 spiro atoms. The Kier molecular flexibility index (Phi) is 9.31. The van der Waals surface area contributed by atoms with Gasteiger partial charge in [0.2, 0.25) is 5.88 Å². The summed E-state index contributed by atoms with van der Waals surface area (Å²) in [4.78, 5) is 34.3. The molecule has 8 heteroatoms. The smallest absolute Gasteiger partial charge is 0.317 e. The van der Waals surface area contributed by atoms with Crippen LogP contribution in [0.4, 0.5) is 4.79 Å². The molecule has 2 saturated carbocycles. The second-order valence-corrected chi connectivity index (χ2v) is 11.1. The first kappa shape index (κ1) is 27.3. The highest BCUT2D eigenvalue weighted by atomic mass is 16.5. The maximum atomic E-state index is 13.6. The van der Waals surface area contributed by atoms with Crippen LogP contribution >= 0.6 is 0 Å². The number of urea groups is 1. The van der Waals surface area contributed by atoms with Crippen molar-refractivity contribution >= 4 is 11.9 Å². The van der Waals surface area contributed by atoms with E-state index >= 15 is 0 Å². The first-order valence-corrected chi connectivity index (χ1v) is 14.0. The maximum Gasteiger partial charge on any atom is 0.317 e. The van der Waals surface area contributed by atoms with Gasteiger partial charge in [0.1, 0.15) is 11.7 Å². The van der Waals surface area contributed by atoms with Gasteiger partial charge in [0.05, 0.1) is 19.2 Å². The van der Waals surface area contributed by atoms with Gasteiger partial charge in [-0.1, -0.05) is 50.9 Å². The van der Waals surface area contributed by atoms with E-state index in [0.717, 1.165) is 38.5 Å². The van der Waals surface area contributed by atoms with Crippen LogP contribution in [0.25, 0.3) is 0 Å². The van der Waals surface area contributed by atoms with Gasteiger partial charge in [-0.25, -0.2) is 9.78 Å². The van der Waals surface area contributed by atoms with Gasteiger partial charge in [0.25, 0.3) is 5.91 Å². The van der Waals surface area contributed by atoms with E-state index in [1.54, 1.807) is 29.1 Å². The lowest BCUT2D eigenvalue weighted by Crippen LogP contribution is -2.52. The van der Waals surface area contributed by atoms with Crippen LogP contribution in [-0.2, 0) is 0 Å². The average Bonchev–Trinajstić information content (AvgIpc) is 3.42. The first-order chi connectivity index (χ1) is 17.9. The molecule has 0 saturated heterocycles. The summed E-state index contributed by atoms with van der Waals surface area (Å²) in [5.41, 5.74) is 1.04. The monoisotopic (exact) mass is 510 g/mol. The normalized spacial score (nSPS) is 23.7. The van der Waals surface area contributed by atoms with E-state index in [0.29, 0.717) is 30.1 Å². The number of fused-ring (bicyclic) bond motifs is 1. The summed E-state index contributed by atoms with van der Waals surface area (Å²) in [5.74, 6) is 6.95. The third-order valence-electron chi connectivity index (χ3n) is 8.03. The van der Waals surface area contributed by atoms with Gasteiger partial charge in [0.15, 0.2) is 0 Å². The molecule has 202 valence electrons. The number of amides is 3. The first-order valence-electron chi connectivity index (χ1n) is 14.0. The number of hydrogen-bond acceptors (Lipinski definition) is 5. The molecule has 3 aliphatic rings. The Bertz CT molecular complexity index is 1010. The number of aliphatic hydroxyl groups excluding tert-OH is 1. The number of nitrogens with zero attached hydrogens (tertiary/aromatic N) is 3. The largest absolute Gasteiger partial charge is 0.472 e. The second kappa shape index (κ2) is 12.6. The number of ether oxygens (including phenoxy) is 1. The fourth-order valence-corrected chi connectivity index (χ4v) is 5.53. The minimum absolute atomic E-state index is 0.0830. The molecule has 2 aliphatic carbocycles. The second-order valence-electron chi connectivity index (χ2n) is 11.1. The Hall–Kier alpha value is -2.79. The zero-order valence-electron chi connectivity index (χ0n) is 22.5. The van der Waals surface area contributed by atoms with Gasteiger partial charge >= 0.3 is 6.03 Å². The summed E-state index contributed by atoms with van der Waals surface area (Å²) in [5, 5.41) is 13.0. The number of aliphatic hydroxyl groups is 1. The Morgan fingerprint density at radius 1 is 1.24 bits per heavy atom. The van der Waals surface area contributed by atoms with Crippen LogP contribution < -0.4 is 10.1 Å². The van der Waals surface area contributed by atoms with Gasteiger partial charge < -0.3 is 25.0 Å². The van der Waals surface area contributed by atoms with Crippen LogP contribution in [-0.4, -0.2) is 76.8 Å². The predicted molar refractivity (Wildman–Crippen MR) is 142 cm³/mol. The quantitative estimate of drug-likeness (QED) is 0.588. The van der Waals surface area contributed by atoms with E-state index in [9.17, 15) is 14.7 Å². The molecule has 3 amide bonds. The number of carbonyl (C=O) groups is 2. The molecule has 3 atom stereocenters. The van der Waals surface area contributed by atoms with E-state index in [1.165, 1.54) is 19.3 Å². The number of aromatic nitrogens is 1. The molecule has 1 aliphatic heterocycles. The van der Waals surface area contributed by atoms with E-state index in [4.69, 9.17) is 4.74 Å². The van der Waals surface area contributed by atoms with E-state index in [2.05, 4.69) is 22.1 Å². The highest BCUT2D eigenvalue weighted by molar-refractivity contribution is 5.97. The van der Waals surface area contributed by atoms with Crippen LogP contribution in [0.1, 0.15) is 87.6 Å². The fourth-order valence-electron chi connectivity index (χ4n) is 5.53. The Morgan fingerprint density at radius 2 is 1.95 bits per heavy atom. The number of likely N-dealkylation sites (N-methyl/N-ethyl adjacent to an activating group) is 1. The lowest BCUT2D eigenvalue weighted by atomic mass is 9.90. The van der Waals surface area contributed by atoms with Crippen molar-refractivity contribution in [2.75, 3.05) is 26.7 Å². The van der Waals surface area contributed by atoms with Crippen LogP contribution in [0.15, 0.2) is 12.3 Å². The molecule has 8 nitrogen and oxygen atoms in total. The number of carbonyl (C=O) groups excluding carboxylic acids is 2. The van der Waals surface area contributed by atoms with E-state index < -0.39 is 0 Å². The van der Waals surface area contributed by atoms with E-state index in [-0.39, 0.29) is 48.5 Å². The van der Waals surface area contributed by atoms with Crippen molar-refractivity contribution in [1.82, 2.24) is 20.1 Å². The van der Waals surface area contributed by atoms with Crippen molar-refractivity contribution in [3.05, 3.63) is 23.4 Å². The predicted octanol–water partition coefficient (Wildman–Crippen LogP) is 3.82. The molecule has 37 heavy (non-hydrogen) atoms. The minimum atomic E-state index is -0.369. The fraction of sp³-hybridized carbons (Fsp3) is 0.690. The van der Waals surface area contributed by atoms with Gasteiger partial charge in [-0.15, -0.1) is 0 Å². The zero-order valence-corrected chi connectivity index (χ0v) is 22.5. The summed E-state index contributed by atoms with van der Waals surface area (Å²) >= 11 is 0. The number of hydrogen-bond donors (Lipinski definition) is 2. The zero-order chi connectivity index (χ0) is 26.4. The van der Waals surface area contributed by atoms with Gasteiger partial charge in [-0.05, 0) is 38.7 Å². The Balaban J connectivity index is 1.56. The van der Waals surface area contributed by atoms with Crippen molar-refractivity contribution in [2.24, 2.45) is 11.8 Å². The highest BCUT2D eigenvalue weighted by Gasteiger charge is 2.35. The molecule has 2 heterocycles. The SMILES string of the molecule is C[C@H](CO)N1C[C@H](C)[C@@H](CN(C)C(=O)NC2CCCC2)Oc2ncc(C#CC3CCCCC3)cc2C1=O. The molecular weight excluding hydrogens is 468 g/mol. The Labute approximate surface area is 221 Å². The molecule has 0 unspecified atom stereocenters. The van der Waals surface area contributed by atoms with Crippen molar-refractivity contribution in [3.8, 4) is 17.7 Å². The van der Waals surface area contributed by atoms with Crippen molar-refractivity contribution in [2.45, 2.75) is 89.8 Å². The molecule has 2 fully saturated rings. The van der Waals surface area contributed by atoms with Crippen LogP contribution in [0.3, 0.4) is 0 Å². The molecule has 1 aromatic heterocycles. The molecule has 0 radical (unpaired) electrons. The number of rotatable bonds is 5. The lowest BCUT2D eigenvalue weighted by molar-refractivity contribution is 0.0351. The van der Waals surface area contributed by atoms with E-state index in [1.807, 2.05) is 13.8 Å². The minimum Gasteiger partial charge on any atom is -0.472 e. The Morgan fingerprint density at radius 3 is 2.65 bits per heavy atom. The molecule has 0 aromatic carbocycles. The molecule has 1 aromatic rings. The summed E-state index contributed by atoms with van der Waals surface area (Å²) in [6, 6.07) is 1.53. The highest BCUT2D eigenvalue weighted by Crippen LogP contribution is 2.28. The molecular formula is C29H42N4O4. The summed E-state index contributed by atoms with van der Waals surface area (Å²) < 4.78 is 6.33. The average molecular weight is 511 g/mol. The van der Waals surface area contributed by atoms with Gasteiger partial charge in [0, 0.05) is 43.2 Å². The van der Waals surface area contributed by atoms with Crippen LogP contribution in [0.5, 0.6) is 5.88 Å². The molecule has 2 N–H and O–H groups in total. The molecule has 0 bridgehead atoms. The van der Waals surface area contributed by atoms with Crippen LogP contribution in [0.2, 0.25) is 0 Å². The van der Waals surface area contributed by atoms with Crippen molar-refractivity contribution < 1.29 is 19.4 Å². The lowest BCUT2D eigenvalue weighted by Gasteiger charge is -2.37. The van der Waals surface area contributed by atoms with Crippen molar-refractivity contribution in [1.29, 1.82) is 0 Å². The summed E-state index contributed by atoms with van der Waals surface area (Å²) in [6.45, 7) is 4.47. The maximum absolute atomic E-state index is 13.6. The standard InChI is InChI=1S/C29H42N4O4/c1-20-17-33(21(2)19-34)28(35)25-15-23(14-13-22-9-5-4-6-10-22)16-30-27(25)37-26(20)18-32(3)29(36)31-24-11-7-8-12-24/h15-16,20-22,24,26,34H,4-12,17-19H2,1-3H3,(H,31,36)/t20-,21+,26+/m0/s1. The molecule has 4 rings (SSSR count). The van der Waals surface area contributed by atoms with Gasteiger partial charge in [-0.2, -0.15) is 0 Å². The third-order valence-corrected chi connectivity index (χ3v) is 8.03. The summed E-state index contributed by atoms with van der Waals surface area (Å²) in [6.07, 6.45) is 11.6. The topological polar surface area (TPSA) is 95.0 Å². The van der Waals surface area contributed by atoms with Crippen LogP contribution in [0, 0.1) is 23.7 Å². The van der Waals surface area contributed by atoms with Gasteiger partial charge in [-0.3, -0.25) is 4.79 Å². The number of pyridine rings is 1. The summed E-state index contributed by atoms with van der Waals surface area (Å²) in [7, 11) is 1.77. The third kappa shape index (κ3) is 6.95. The van der Waals surface area contributed by atoms with Crippen molar-refractivity contribution in [3.63, 3.8) is 0 Å². The number of nitrogens with one attached hydrogen (secondary N) is 1.